The number of aromatic amines is 1. The van der Waals surface area contributed by atoms with Gasteiger partial charge in [0.25, 0.3) is 5.91 Å². The van der Waals surface area contributed by atoms with E-state index in [-0.39, 0.29) is 5.91 Å². The maximum Gasteiger partial charge on any atom is 0.273 e. The van der Waals surface area contributed by atoms with Crippen molar-refractivity contribution in [2.45, 2.75) is 32.2 Å². The number of hydrazone groups is 1. The number of hydrogen-bond donors (Lipinski definition) is 2. The molecule has 0 atom stereocenters. The number of rotatable bonds is 4. The highest BCUT2D eigenvalue weighted by Crippen LogP contribution is 2.30. The number of likely N-dealkylation sites (N-methyl/N-ethyl adjacent to an activating group) is 1. The quantitative estimate of drug-likeness (QED) is 0.750. The first-order chi connectivity index (χ1) is 14.7. The summed E-state index contributed by atoms with van der Waals surface area (Å²) < 4.78 is 0. The molecule has 0 bridgehead atoms. The standard InChI is InChI=1S/C22H27N7O/c1-28-6-8-29(9-7-28)13-18-16-4-2-3-5-19(16)25-20(18)10-17-21(26-27-22(17)30)15-11-23-14-24-12-15/h10-12,14,25H,2-9,13H2,1H3,(H,27,30)/b17-10+. The lowest BCUT2D eigenvalue weighted by Gasteiger charge is -2.32. The molecule has 2 N–H and O–H groups in total. The van der Waals surface area contributed by atoms with Gasteiger partial charge in [0.05, 0.1) is 5.57 Å². The molecule has 4 heterocycles. The summed E-state index contributed by atoms with van der Waals surface area (Å²) in [6, 6.07) is 0. The average molecular weight is 406 g/mol. The van der Waals surface area contributed by atoms with Gasteiger partial charge in [0.2, 0.25) is 0 Å². The molecule has 156 valence electrons. The molecule has 2 aromatic rings. The molecule has 2 aliphatic heterocycles. The van der Waals surface area contributed by atoms with Gasteiger partial charge in [-0.05, 0) is 49.9 Å². The van der Waals surface area contributed by atoms with Crippen molar-refractivity contribution in [1.29, 1.82) is 0 Å². The molecule has 8 heteroatoms. The molecule has 8 nitrogen and oxygen atoms in total. The highest BCUT2D eigenvalue weighted by atomic mass is 16.2. The summed E-state index contributed by atoms with van der Waals surface area (Å²) in [5.74, 6) is -0.188. The number of amides is 1. The maximum atomic E-state index is 12.6. The minimum atomic E-state index is -0.188. The Morgan fingerprint density at radius 3 is 2.67 bits per heavy atom. The Morgan fingerprint density at radius 2 is 1.87 bits per heavy atom. The van der Waals surface area contributed by atoms with Crippen molar-refractivity contribution >= 4 is 17.7 Å². The van der Waals surface area contributed by atoms with Crippen molar-refractivity contribution in [2.75, 3.05) is 33.2 Å². The summed E-state index contributed by atoms with van der Waals surface area (Å²) >= 11 is 0. The van der Waals surface area contributed by atoms with E-state index in [4.69, 9.17) is 0 Å². The van der Waals surface area contributed by atoms with Gasteiger partial charge in [0.15, 0.2) is 0 Å². The maximum absolute atomic E-state index is 12.6. The first kappa shape index (κ1) is 19.1. The summed E-state index contributed by atoms with van der Waals surface area (Å²) in [7, 11) is 2.18. The molecule has 1 fully saturated rings. The molecular weight excluding hydrogens is 378 g/mol. The third-order valence-corrected chi connectivity index (χ3v) is 6.31. The Labute approximate surface area is 176 Å². The van der Waals surface area contributed by atoms with Crippen LogP contribution in [-0.4, -0.2) is 69.6 Å². The van der Waals surface area contributed by atoms with Crippen LogP contribution < -0.4 is 5.43 Å². The third kappa shape index (κ3) is 3.68. The second-order valence-corrected chi connectivity index (χ2v) is 8.35. The molecule has 1 saturated heterocycles. The minimum Gasteiger partial charge on any atom is -0.358 e. The zero-order chi connectivity index (χ0) is 20.5. The fraction of sp³-hybridized carbons (Fsp3) is 0.455. The van der Waals surface area contributed by atoms with Gasteiger partial charge < -0.3 is 9.88 Å². The topological polar surface area (TPSA) is 89.5 Å². The second-order valence-electron chi connectivity index (χ2n) is 8.35. The Morgan fingerprint density at radius 1 is 1.10 bits per heavy atom. The van der Waals surface area contributed by atoms with E-state index in [1.165, 1.54) is 36.0 Å². The van der Waals surface area contributed by atoms with E-state index in [0.717, 1.165) is 56.8 Å². The third-order valence-electron chi connectivity index (χ3n) is 6.31. The Bertz CT molecular complexity index is 1000. The molecule has 0 spiro atoms. The number of aryl methyl sites for hydroxylation is 1. The van der Waals surface area contributed by atoms with E-state index < -0.39 is 0 Å². The number of hydrogen-bond acceptors (Lipinski definition) is 6. The van der Waals surface area contributed by atoms with Crippen LogP contribution in [0.2, 0.25) is 0 Å². The van der Waals surface area contributed by atoms with Crippen LogP contribution in [0.1, 0.15) is 40.9 Å². The Hall–Kier alpha value is -2.84. The summed E-state index contributed by atoms with van der Waals surface area (Å²) in [6.45, 7) is 5.25. The lowest BCUT2D eigenvalue weighted by molar-refractivity contribution is -0.116. The number of carbonyl (C=O) groups excluding carboxylic acids is 1. The number of aromatic nitrogens is 3. The van der Waals surface area contributed by atoms with Crippen LogP contribution in [0.5, 0.6) is 0 Å². The van der Waals surface area contributed by atoms with Crippen LogP contribution in [0.15, 0.2) is 29.4 Å². The summed E-state index contributed by atoms with van der Waals surface area (Å²) in [6.07, 6.45) is 11.4. The van der Waals surface area contributed by atoms with Crippen molar-refractivity contribution in [3.63, 3.8) is 0 Å². The van der Waals surface area contributed by atoms with Crippen molar-refractivity contribution in [3.05, 3.63) is 52.4 Å². The summed E-state index contributed by atoms with van der Waals surface area (Å²) in [5, 5.41) is 4.24. The number of piperazine rings is 1. The van der Waals surface area contributed by atoms with Gasteiger partial charge in [0, 0.05) is 62.1 Å². The highest BCUT2D eigenvalue weighted by molar-refractivity contribution is 6.33. The van der Waals surface area contributed by atoms with Crippen molar-refractivity contribution < 1.29 is 4.79 Å². The SMILES string of the molecule is CN1CCN(Cc2c(/C=C3/C(=O)NN=C3c3cncnc3)[nH]c3c2CCCC3)CC1. The summed E-state index contributed by atoms with van der Waals surface area (Å²) in [5.41, 5.74) is 9.65. The summed E-state index contributed by atoms with van der Waals surface area (Å²) in [4.78, 5) is 29.3. The first-order valence-electron chi connectivity index (χ1n) is 10.7. The molecule has 0 saturated carbocycles. The fourth-order valence-corrected chi connectivity index (χ4v) is 4.56. The van der Waals surface area contributed by atoms with Gasteiger partial charge in [-0.3, -0.25) is 9.69 Å². The van der Waals surface area contributed by atoms with Crippen molar-refractivity contribution in [3.8, 4) is 0 Å². The van der Waals surface area contributed by atoms with Crippen molar-refractivity contribution in [1.82, 2.24) is 30.2 Å². The molecule has 30 heavy (non-hydrogen) atoms. The van der Waals surface area contributed by atoms with E-state index in [1.54, 1.807) is 12.4 Å². The van der Waals surface area contributed by atoms with Gasteiger partial charge >= 0.3 is 0 Å². The smallest absolute Gasteiger partial charge is 0.273 e. The number of fused-ring (bicyclic) bond motifs is 1. The lowest BCUT2D eigenvalue weighted by atomic mass is 9.93. The number of nitrogens with zero attached hydrogens (tertiary/aromatic N) is 5. The minimum absolute atomic E-state index is 0.188. The monoisotopic (exact) mass is 405 g/mol. The fourth-order valence-electron chi connectivity index (χ4n) is 4.56. The first-order valence-corrected chi connectivity index (χ1v) is 10.7. The van der Waals surface area contributed by atoms with Crippen LogP contribution in [-0.2, 0) is 24.2 Å². The largest absolute Gasteiger partial charge is 0.358 e. The van der Waals surface area contributed by atoms with Crippen molar-refractivity contribution in [2.24, 2.45) is 5.10 Å². The van der Waals surface area contributed by atoms with Gasteiger partial charge in [-0.25, -0.2) is 15.4 Å². The predicted octanol–water partition coefficient (Wildman–Crippen LogP) is 1.35. The predicted molar refractivity (Wildman–Crippen MR) is 115 cm³/mol. The zero-order valence-corrected chi connectivity index (χ0v) is 17.3. The highest BCUT2D eigenvalue weighted by Gasteiger charge is 2.27. The Kier molecular flexibility index (Phi) is 5.18. The van der Waals surface area contributed by atoms with Crippen LogP contribution >= 0.6 is 0 Å². The number of carbonyl (C=O) groups is 1. The second kappa shape index (κ2) is 8.12. The molecule has 0 aromatic carbocycles. The molecular formula is C22H27N7O. The molecule has 3 aliphatic rings. The molecule has 0 unspecified atom stereocenters. The van der Waals surface area contributed by atoms with Gasteiger partial charge in [-0.15, -0.1) is 0 Å². The molecule has 0 radical (unpaired) electrons. The molecule has 5 rings (SSSR count). The molecule has 1 aliphatic carbocycles. The Balaban J connectivity index is 1.51. The van der Waals surface area contributed by atoms with E-state index in [9.17, 15) is 4.79 Å². The van der Waals surface area contributed by atoms with E-state index in [2.05, 4.69) is 42.3 Å². The van der Waals surface area contributed by atoms with Gasteiger partial charge in [-0.2, -0.15) is 5.10 Å². The van der Waals surface area contributed by atoms with Crippen LogP contribution in [0.3, 0.4) is 0 Å². The number of H-pyrrole nitrogens is 1. The molecule has 2 aromatic heterocycles. The number of nitrogens with one attached hydrogen (secondary N) is 2. The normalized spacial score (nSPS) is 21.6. The van der Waals surface area contributed by atoms with Crippen LogP contribution in [0.25, 0.3) is 6.08 Å². The van der Waals surface area contributed by atoms with E-state index in [1.807, 2.05) is 6.08 Å². The van der Waals surface area contributed by atoms with Crippen LogP contribution in [0, 0.1) is 0 Å². The lowest BCUT2D eigenvalue weighted by Crippen LogP contribution is -2.44. The molecule has 1 amide bonds. The van der Waals surface area contributed by atoms with E-state index >= 15 is 0 Å². The van der Waals surface area contributed by atoms with Gasteiger partial charge in [0.1, 0.15) is 12.0 Å². The van der Waals surface area contributed by atoms with E-state index in [0.29, 0.717) is 11.3 Å². The van der Waals surface area contributed by atoms with Gasteiger partial charge in [-0.1, -0.05) is 0 Å². The van der Waals surface area contributed by atoms with Crippen LogP contribution in [0.4, 0.5) is 0 Å². The average Bonchev–Trinajstić information content (AvgIpc) is 3.31. The zero-order valence-electron chi connectivity index (χ0n) is 17.3.